The molecule has 9 aromatic carbocycles. The molecule has 0 fully saturated rings. The summed E-state index contributed by atoms with van der Waals surface area (Å²) in [5, 5.41) is 8.76. The van der Waals surface area contributed by atoms with Gasteiger partial charge in [0.15, 0.2) is 0 Å². The summed E-state index contributed by atoms with van der Waals surface area (Å²) in [4.78, 5) is 4.58. The molecule has 2 aromatic heterocycles. The third-order valence-corrected chi connectivity index (χ3v) is 12.8. The SMILES string of the molecule is COc1ccc(N(c2ccc(C(C)C)cc2)c2ccc3cc4c(cc3c2)oc2cc3oc5cc6cc(N(c7ccc(OC)cc7)c7ccc(C(C)C)cc7)ccc6cc5c3cc24)cc1. The fourth-order valence-corrected chi connectivity index (χ4v) is 9.16. The van der Waals surface area contributed by atoms with Crippen LogP contribution in [0.4, 0.5) is 34.1 Å². The number of hydrogen-bond acceptors (Lipinski definition) is 6. The van der Waals surface area contributed by atoms with Gasteiger partial charge in [0.25, 0.3) is 0 Å². The lowest BCUT2D eigenvalue weighted by atomic mass is 10.0. The summed E-state index contributed by atoms with van der Waals surface area (Å²) in [6.45, 7) is 8.89. The van der Waals surface area contributed by atoms with Crippen LogP contribution in [0.15, 0.2) is 179 Å². The number of fused-ring (bicyclic) bond motifs is 8. The molecule has 0 unspecified atom stereocenters. The van der Waals surface area contributed by atoms with E-state index < -0.39 is 0 Å². The summed E-state index contributed by atoms with van der Waals surface area (Å²) in [6, 6.07) is 60.6. The van der Waals surface area contributed by atoms with Crippen molar-refractivity contribution < 1.29 is 18.3 Å². The van der Waals surface area contributed by atoms with Gasteiger partial charge >= 0.3 is 0 Å². The molecule has 6 heteroatoms. The predicted molar refractivity (Wildman–Crippen MR) is 267 cm³/mol. The molecule has 11 aromatic rings. The molecule has 0 atom stereocenters. The van der Waals surface area contributed by atoms with Crippen molar-refractivity contribution in [1.82, 2.24) is 0 Å². The van der Waals surface area contributed by atoms with E-state index in [-0.39, 0.29) is 0 Å². The molecule has 0 saturated heterocycles. The van der Waals surface area contributed by atoms with Gasteiger partial charge in [-0.2, -0.15) is 0 Å². The first-order valence-corrected chi connectivity index (χ1v) is 22.0. The summed E-state index contributed by atoms with van der Waals surface area (Å²) in [6.07, 6.45) is 0. The lowest BCUT2D eigenvalue weighted by molar-refractivity contribution is 0.414. The number of nitrogens with zero attached hydrogens (tertiary/aromatic N) is 2. The average Bonchev–Trinajstić information content (AvgIpc) is 3.85. The number of rotatable bonds is 10. The molecule has 0 spiro atoms. The quantitative estimate of drug-likeness (QED) is 0.137. The molecule has 0 aliphatic heterocycles. The Hall–Kier alpha value is -7.70. The van der Waals surface area contributed by atoms with E-state index in [1.54, 1.807) is 14.2 Å². The summed E-state index contributed by atoms with van der Waals surface area (Å²) in [5.74, 6) is 2.55. The molecular formula is C58H48N2O4. The van der Waals surface area contributed by atoms with Gasteiger partial charge in [-0.3, -0.25) is 0 Å². The Morgan fingerprint density at radius 2 is 0.656 bits per heavy atom. The van der Waals surface area contributed by atoms with Crippen molar-refractivity contribution in [2.24, 2.45) is 0 Å². The number of ether oxygens (including phenoxy) is 2. The van der Waals surface area contributed by atoms with E-state index in [1.807, 2.05) is 24.3 Å². The Morgan fingerprint density at radius 1 is 0.328 bits per heavy atom. The Kier molecular flexibility index (Phi) is 9.54. The van der Waals surface area contributed by atoms with Crippen molar-refractivity contribution >= 4 is 99.5 Å². The molecule has 11 rings (SSSR count). The van der Waals surface area contributed by atoms with Crippen LogP contribution >= 0.6 is 0 Å². The van der Waals surface area contributed by atoms with E-state index >= 15 is 0 Å². The highest BCUT2D eigenvalue weighted by Gasteiger charge is 2.19. The van der Waals surface area contributed by atoms with Gasteiger partial charge in [0.05, 0.1) is 14.2 Å². The number of hydrogen-bond donors (Lipinski definition) is 0. The van der Waals surface area contributed by atoms with Gasteiger partial charge in [0.2, 0.25) is 0 Å². The topological polar surface area (TPSA) is 51.2 Å². The Labute approximate surface area is 372 Å². The Balaban J connectivity index is 0.977. The van der Waals surface area contributed by atoms with Crippen molar-refractivity contribution in [2.75, 3.05) is 24.0 Å². The number of benzene rings is 9. The van der Waals surface area contributed by atoms with Crippen molar-refractivity contribution in [2.45, 2.75) is 39.5 Å². The van der Waals surface area contributed by atoms with E-state index in [0.29, 0.717) is 11.8 Å². The maximum absolute atomic E-state index is 6.63. The Morgan fingerprint density at radius 3 is 1.02 bits per heavy atom. The molecule has 64 heavy (non-hydrogen) atoms. The van der Waals surface area contributed by atoms with Crippen LogP contribution in [-0.2, 0) is 0 Å². The summed E-state index contributed by atoms with van der Waals surface area (Å²) < 4.78 is 24.3. The van der Waals surface area contributed by atoms with E-state index in [0.717, 1.165) is 111 Å². The van der Waals surface area contributed by atoms with E-state index in [4.69, 9.17) is 18.3 Å². The van der Waals surface area contributed by atoms with Gasteiger partial charge in [0.1, 0.15) is 33.8 Å². The van der Waals surface area contributed by atoms with Crippen LogP contribution in [0.2, 0.25) is 0 Å². The van der Waals surface area contributed by atoms with Crippen molar-refractivity contribution in [3.8, 4) is 11.5 Å². The minimum Gasteiger partial charge on any atom is -0.497 e. The molecule has 0 saturated carbocycles. The van der Waals surface area contributed by atoms with Crippen LogP contribution in [0.5, 0.6) is 11.5 Å². The van der Waals surface area contributed by atoms with Gasteiger partial charge in [-0.15, -0.1) is 0 Å². The number of anilines is 6. The third kappa shape index (κ3) is 6.83. The first kappa shape index (κ1) is 39.2. The van der Waals surface area contributed by atoms with Crippen LogP contribution in [0.1, 0.15) is 50.7 Å². The first-order valence-electron chi connectivity index (χ1n) is 22.0. The first-order chi connectivity index (χ1) is 31.2. The lowest BCUT2D eigenvalue weighted by Crippen LogP contribution is -2.10. The predicted octanol–water partition coefficient (Wildman–Crippen LogP) is 17.0. The molecule has 0 N–H and O–H groups in total. The minimum atomic E-state index is 0.453. The standard InChI is InChI=1S/C58H48N2O4/c1-35(2)37-7-13-43(14-8-37)59(45-19-23-49(61-5)24-20-45)47-17-11-39-29-51-53-33-54-52-30-40-12-18-48(28-42(40)32-56(52)64-58(54)34-57(53)63-55(51)31-41(39)27-47)60(46-21-25-50(62-6)26-22-46)44-15-9-38(10-16-44)36(3)4/h7-36H,1-6H3. The second-order valence-electron chi connectivity index (χ2n) is 17.4. The molecule has 0 bridgehead atoms. The van der Waals surface area contributed by atoms with Crippen LogP contribution in [0.25, 0.3) is 65.4 Å². The smallest absolute Gasteiger partial charge is 0.139 e. The Bertz CT molecular complexity index is 3280. The molecule has 0 aliphatic carbocycles. The van der Waals surface area contributed by atoms with E-state index in [1.165, 1.54) is 11.1 Å². The number of furan rings is 2. The van der Waals surface area contributed by atoms with Crippen LogP contribution < -0.4 is 19.3 Å². The van der Waals surface area contributed by atoms with Gasteiger partial charge in [-0.05, 0) is 172 Å². The lowest BCUT2D eigenvalue weighted by Gasteiger charge is -2.26. The third-order valence-electron chi connectivity index (χ3n) is 12.8. The monoisotopic (exact) mass is 836 g/mol. The number of methoxy groups -OCH3 is 2. The second kappa shape index (κ2) is 15.6. The highest BCUT2D eigenvalue weighted by atomic mass is 16.5. The fraction of sp³-hybridized carbons (Fsp3) is 0.138. The maximum atomic E-state index is 6.63. The molecule has 314 valence electrons. The van der Waals surface area contributed by atoms with Crippen LogP contribution in [0.3, 0.4) is 0 Å². The summed E-state index contributed by atoms with van der Waals surface area (Å²) in [5.41, 5.74) is 12.3. The van der Waals surface area contributed by atoms with Gasteiger partial charge < -0.3 is 28.1 Å². The van der Waals surface area contributed by atoms with Gasteiger partial charge in [-0.1, -0.05) is 64.1 Å². The van der Waals surface area contributed by atoms with Crippen molar-refractivity contribution in [3.63, 3.8) is 0 Å². The normalized spacial score (nSPS) is 11.9. The zero-order chi connectivity index (χ0) is 43.6. The zero-order valence-electron chi connectivity index (χ0n) is 36.8. The molecule has 0 radical (unpaired) electrons. The molecule has 0 amide bonds. The summed E-state index contributed by atoms with van der Waals surface area (Å²) >= 11 is 0. The second-order valence-corrected chi connectivity index (χ2v) is 17.4. The highest BCUT2D eigenvalue weighted by molar-refractivity contribution is 6.18. The molecular weight excluding hydrogens is 789 g/mol. The molecule has 2 heterocycles. The van der Waals surface area contributed by atoms with Crippen molar-refractivity contribution in [1.29, 1.82) is 0 Å². The van der Waals surface area contributed by atoms with Crippen LogP contribution in [0, 0.1) is 0 Å². The molecule has 6 nitrogen and oxygen atoms in total. The summed E-state index contributed by atoms with van der Waals surface area (Å²) in [7, 11) is 3.39. The van der Waals surface area contributed by atoms with Crippen LogP contribution in [-0.4, -0.2) is 14.2 Å². The zero-order valence-corrected chi connectivity index (χ0v) is 36.8. The van der Waals surface area contributed by atoms with Gasteiger partial charge in [-0.25, -0.2) is 0 Å². The average molecular weight is 837 g/mol. The van der Waals surface area contributed by atoms with E-state index in [9.17, 15) is 0 Å². The van der Waals surface area contributed by atoms with E-state index in [2.05, 4.69) is 183 Å². The maximum Gasteiger partial charge on any atom is 0.139 e. The van der Waals surface area contributed by atoms with Crippen molar-refractivity contribution in [3.05, 3.63) is 181 Å². The largest absolute Gasteiger partial charge is 0.497 e. The molecule has 0 aliphatic rings. The highest BCUT2D eigenvalue weighted by Crippen LogP contribution is 2.43. The minimum absolute atomic E-state index is 0.453. The fourth-order valence-electron chi connectivity index (χ4n) is 9.16. The van der Waals surface area contributed by atoms with Gasteiger partial charge in [0, 0.05) is 61.7 Å².